The summed E-state index contributed by atoms with van der Waals surface area (Å²) in [6, 6.07) is 3.52. The summed E-state index contributed by atoms with van der Waals surface area (Å²) in [5, 5.41) is 2.87. The number of fused-ring (bicyclic) bond motifs is 1. The Bertz CT molecular complexity index is 666. The number of carbonyl (C=O) groups excluding carboxylic acids is 1. The molecule has 0 unspecified atom stereocenters. The molecule has 1 aromatic heterocycles. The Morgan fingerprint density at radius 3 is 2.50 bits per heavy atom. The van der Waals surface area contributed by atoms with E-state index in [2.05, 4.69) is 10.3 Å². The number of hydrogen-bond acceptors (Lipinski definition) is 3. The van der Waals surface area contributed by atoms with E-state index < -0.39 is 23.3 Å². The average molecular weight is 280 g/mol. The summed E-state index contributed by atoms with van der Waals surface area (Å²) in [5.41, 5.74) is 0.0280. The van der Waals surface area contributed by atoms with Gasteiger partial charge in [-0.2, -0.15) is 0 Å². The highest BCUT2D eigenvalue weighted by Gasteiger charge is 2.16. The van der Waals surface area contributed by atoms with Crippen LogP contribution in [0.15, 0.2) is 24.4 Å². The van der Waals surface area contributed by atoms with Crippen LogP contribution in [0.2, 0.25) is 0 Å². The number of ether oxygens (including phenoxy) is 1. The van der Waals surface area contributed by atoms with Gasteiger partial charge in [-0.15, -0.1) is 0 Å². The topological polar surface area (TPSA) is 51.2 Å². The molecular formula is C14H14F2N2O2. The molecule has 0 saturated heterocycles. The van der Waals surface area contributed by atoms with Crippen LogP contribution in [0.1, 0.15) is 20.8 Å². The number of nitrogens with one attached hydrogen (secondary N) is 1. The van der Waals surface area contributed by atoms with Gasteiger partial charge in [0, 0.05) is 11.5 Å². The molecule has 0 spiro atoms. The molecule has 1 aromatic carbocycles. The molecule has 0 bridgehead atoms. The van der Waals surface area contributed by atoms with Crippen LogP contribution < -0.4 is 5.32 Å². The van der Waals surface area contributed by atoms with Gasteiger partial charge in [-0.25, -0.2) is 13.6 Å². The van der Waals surface area contributed by atoms with E-state index in [1.54, 1.807) is 20.8 Å². The zero-order chi connectivity index (χ0) is 14.9. The Morgan fingerprint density at radius 1 is 1.20 bits per heavy atom. The van der Waals surface area contributed by atoms with Crippen molar-refractivity contribution in [2.75, 3.05) is 5.32 Å². The average Bonchev–Trinajstić information content (AvgIpc) is 2.28. The molecule has 0 aliphatic heterocycles. The number of benzene rings is 1. The third-order valence-corrected chi connectivity index (χ3v) is 2.37. The molecule has 6 heteroatoms. The second-order valence-electron chi connectivity index (χ2n) is 5.31. The number of nitrogens with zero attached hydrogens (tertiary/aromatic N) is 1. The lowest BCUT2D eigenvalue weighted by atomic mass is 10.2. The van der Waals surface area contributed by atoms with Gasteiger partial charge in [0.05, 0.1) is 17.4 Å². The normalized spacial score (nSPS) is 11.4. The fourth-order valence-corrected chi connectivity index (χ4v) is 1.61. The van der Waals surface area contributed by atoms with Gasteiger partial charge in [-0.3, -0.25) is 10.3 Å². The Hall–Kier alpha value is -2.24. The van der Waals surface area contributed by atoms with E-state index in [-0.39, 0.29) is 0 Å². The van der Waals surface area contributed by atoms with E-state index in [1.165, 1.54) is 12.3 Å². The molecule has 1 heterocycles. The van der Waals surface area contributed by atoms with E-state index in [1.807, 2.05) is 0 Å². The van der Waals surface area contributed by atoms with Gasteiger partial charge >= 0.3 is 6.09 Å². The molecule has 0 saturated carbocycles. The van der Waals surface area contributed by atoms with Crippen LogP contribution in [0.3, 0.4) is 0 Å². The second-order valence-corrected chi connectivity index (χ2v) is 5.31. The molecule has 1 N–H and O–H groups in total. The zero-order valence-electron chi connectivity index (χ0n) is 11.3. The smallest absolute Gasteiger partial charge is 0.412 e. The standard InChI is InChI=1S/C14H14F2N2O2/c1-14(2,3)20-13(19)18-9-4-8-5-10(15)11(16)6-12(8)17-7-9/h4-7H,1-3H3,(H,18,19). The SMILES string of the molecule is CC(C)(C)OC(=O)Nc1cnc2cc(F)c(F)cc2c1. The van der Waals surface area contributed by atoms with Crippen molar-refractivity contribution in [1.29, 1.82) is 0 Å². The summed E-state index contributed by atoms with van der Waals surface area (Å²) in [5.74, 6) is -1.92. The van der Waals surface area contributed by atoms with Crippen molar-refractivity contribution in [3.63, 3.8) is 0 Å². The van der Waals surface area contributed by atoms with E-state index in [4.69, 9.17) is 4.74 Å². The molecule has 4 nitrogen and oxygen atoms in total. The number of amides is 1. The molecule has 2 rings (SSSR count). The number of pyridine rings is 1. The third kappa shape index (κ3) is 3.40. The first kappa shape index (κ1) is 14.2. The minimum absolute atomic E-state index is 0.304. The van der Waals surface area contributed by atoms with Crippen molar-refractivity contribution >= 4 is 22.7 Å². The maximum atomic E-state index is 13.2. The first-order valence-electron chi connectivity index (χ1n) is 5.99. The van der Waals surface area contributed by atoms with Crippen molar-refractivity contribution in [2.24, 2.45) is 0 Å². The van der Waals surface area contributed by atoms with Crippen molar-refractivity contribution in [1.82, 2.24) is 4.98 Å². The summed E-state index contributed by atoms with van der Waals surface area (Å²) < 4.78 is 31.3. The van der Waals surface area contributed by atoms with Crippen LogP contribution in [0.4, 0.5) is 19.3 Å². The van der Waals surface area contributed by atoms with E-state index in [0.717, 1.165) is 12.1 Å². The molecule has 1 amide bonds. The highest BCUT2D eigenvalue weighted by Crippen LogP contribution is 2.20. The maximum Gasteiger partial charge on any atom is 0.412 e. The Morgan fingerprint density at radius 2 is 1.85 bits per heavy atom. The molecule has 0 aliphatic carbocycles. The molecule has 106 valence electrons. The molecule has 20 heavy (non-hydrogen) atoms. The van der Waals surface area contributed by atoms with Crippen LogP contribution >= 0.6 is 0 Å². The van der Waals surface area contributed by atoms with Gasteiger partial charge in [0.2, 0.25) is 0 Å². The number of hydrogen-bond donors (Lipinski definition) is 1. The van der Waals surface area contributed by atoms with Crippen LogP contribution in [0, 0.1) is 11.6 Å². The largest absolute Gasteiger partial charge is 0.444 e. The van der Waals surface area contributed by atoms with Crippen LogP contribution in [-0.2, 0) is 4.74 Å². The van der Waals surface area contributed by atoms with Crippen molar-refractivity contribution in [3.05, 3.63) is 36.0 Å². The molecule has 2 aromatic rings. The summed E-state index contributed by atoms with van der Waals surface area (Å²) in [4.78, 5) is 15.5. The van der Waals surface area contributed by atoms with Crippen LogP contribution in [0.5, 0.6) is 0 Å². The summed E-state index contributed by atoms with van der Waals surface area (Å²) in [7, 11) is 0. The quantitative estimate of drug-likeness (QED) is 0.863. The molecule has 0 radical (unpaired) electrons. The summed E-state index contributed by atoms with van der Waals surface area (Å²) >= 11 is 0. The minimum atomic E-state index is -0.964. The van der Waals surface area contributed by atoms with Gasteiger partial charge in [-0.1, -0.05) is 0 Å². The van der Waals surface area contributed by atoms with Crippen LogP contribution in [0.25, 0.3) is 10.9 Å². The number of rotatable bonds is 1. The van der Waals surface area contributed by atoms with Gasteiger partial charge in [-0.05, 0) is 32.9 Å². The maximum absolute atomic E-state index is 13.2. The van der Waals surface area contributed by atoms with Gasteiger partial charge in [0.15, 0.2) is 11.6 Å². The Balaban J connectivity index is 2.24. The number of aromatic nitrogens is 1. The molecule has 0 atom stereocenters. The first-order chi connectivity index (χ1) is 9.24. The molecule has 0 fully saturated rings. The van der Waals surface area contributed by atoms with E-state index in [9.17, 15) is 13.6 Å². The lowest BCUT2D eigenvalue weighted by molar-refractivity contribution is 0.0636. The first-order valence-corrected chi connectivity index (χ1v) is 5.99. The highest BCUT2D eigenvalue weighted by molar-refractivity contribution is 5.89. The second kappa shape index (κ2) is 5.03. The minimum Gasteiger partial charge on any atom is -0.444 e. The number of halogens is 2. The van der Waals surface area contributed by atoms with Crippen molar-refractivity contribution in [2.45, 2.75) is 26.4 Å². The third-order valence-electron chi connectivity index (χ3n) is 2.37. The highest BCUT2D eigenvalue weighted by atomic mass is 19.2. The van der Waals surface area contributed by atoms with E-state index in [0.29, 0.717) is 16.6 Å². The van der Waals surface area contributed by atoms with Gasteiger partial charge in [0.25, 0.3) is 0 Å². The summed E-state index contributed by atoms with van der Waals surface area (Å²) in [6.45, 7) is 5.22. The van der Waals surface area contributed by atoms with Gasteiger partial charge < -0.3 is 4.74 Å². The molecule has 0 aliphatic rings. The summed E-state index contributed by atoms with van der Waals surface area (Å²) in [6.07, 6.45) is 0.713. The van der Waals surface area contributed by atoms with Gasteiger partial charge in [0.1, 0.15) is 5.60 Å². The van der Waals surface area contributed by atoms with Crippen LogP contribution in [-0.4, -0.2) is 16.7 Å². The lowest BCUT2D eigenvalue weighted by Gasteiger charge is -2.19. The fourth-order valence-electron chi connectivity index (χ4n) is 1.61. The number of anilines is 1. The molecular weight excluding hydrogens is 266 g/mol. The van der Waals surface area contributed by atoms with E-state index >= 15 is 0 Å². The predicted octanol–water partition coefficient (Wildman–Crippen LogP) is 3.86. The Labute approximate surface area is 114 Å². The number of carbonyl (C=O) groups is 1. The zero-order valence-corrected chi connectivity index (χ0v) is 11.3. The van der Waals surface area contributed by atoms with Crippen molar-refractivity contribution in [3.8, 4) is 0 Å². The monoisotopic (exact) mass is 280 g/mol. The Kier molecular flexibility index (Phi) is 3.57. The van der Waals surface area contributed by atoms with Crippen molar-refractivity contribution < 1.29 is 18.3 Å². The lowest BCUT2D eigenvalue weighted by Crippen LogP contribution is -2.27. The predicted molar refractivity (Wildman–Crippen MR) is 71.5 cm³/mol. The fraction of sp³-hybridized carbons (Fsp3) is 0.286.